The highest BCUT2D eigenvalue weighted by Gasteiger charge is 2.23. The van der Waals surface area contributed by atoms with Gasteiger partial charge in [0.2, 0.25) is 0 Å². The van der Waals surface area contributed by atoms with E-state index in [2.05, 4.69) is 14.5 Å². The molecule has 128 valence electrons. The highest BCUT2D eigenvalue weighted by Crippen LogP contribution is 2.27. The SMILES string of the molecule is Cn1c(-c2ccc(F)cc2)nc2c1CN(Cc1ccncc1Cl)CC2. The number of hydrogen-bond acceptors (Lipinski definition) is 3. The van der Waals surface area contributed by atoms with E-state index in [-0.39, 0.29) is 5.82 Å². The van der Waals surface area contributed by atoms with E-state index in [1.54, 1.807) is 24.5 Å². The molecule has 0 saturated carbocycles. The fourth-order valence-corrected chi connectivity index (χ4v) is 3.49. The largest absolute Gasteiger partial charge is 0.330 e. The second kappa shape index (κ2) is 6.58. The van der Waals surface area contributed by atoms with Crippen molar-refractivity contribution >= 4 is 11.6 Å². The Labute approximate surface area is 150 Å². The van der Waals surface area contributed by atoms with Crippen LogP contribution in [0.4, 0.5) is 4.39 Å². The van der Waals surface area contributed by atoms with Crippen LogP contribution in [0.15, 0.2) is 42.7 Å². The molecule has 1 aliphatic rings. The van der Waals surface area contributed by atoms with Gasteiger partial charge in [0.25, 0.3) is 0 Å². The smallest absolute Gasteiger partial charge is 0.140 e. The van der Waals surface area contributed by atoms with Crippen molar-refractivity contribution < 1.29 is 4.39 Å². The number of hydrogen-bond donors (Lipinski definition) is 0. The number of halogens is 2. The zero-order valence-electron chi connectivity index (χ0n) is 13.9. The standard InChI is InChI=1S/C19H18ClFN4/c1-24-18-12-25(11-14-6-8-22-10-16(14)20)9-7-17(18)23-19(24)13-2-4-15(21)5-3-13/h2-6,8,10H,7,9,11-12H2,1H3. The molecule has 0 atom stereocenters. The summed E-state index contributed by atoms with van der Waals surface area (Å²) in [6.45, 7) is 2.54. The van der Waals surface area contributed by atoms with Crippen LogP contribution < -0.4 is 0 Å². The molecule has 0 radical (unpaired) electrons. The summed E-state index contributed by atoms with van der Waals surface area (Å²) in [7, 11) is 2.02. The van der Waals surface area contributed by atoms with Gasteiger partial charge in [0.1, 0.15) is 11.6 Å². The van der Waals surface area contributed by atoms with Crippen molar-refractivity contribution in [3.05, 3.63) is 70.5 Å². The van der Waals surface area contributed by atoms with Gasteiger partial charge in [-0.25, -0.2) is 9.37 Å². The van der Waals surface area contributed by atoms with Crippen LogP contribution in [0.2, 0.25) is 5.02 Å². The molecule has 0 unspecified atom stereocenters. The van der Waals surface area contributed by atoms with E-state index < -0.39 is 0 Å². The minimum Gasteiger partial charge on any atom is -0.330 e. The molecule has 25 heavy (non-hydrogen) atoms. The number of nitrogens with zero attached hydrogens (tertiary/aromatic N) is 4. The lowest BCUT2D eigenvalue weighted by molar-refractivity contribution is 0.238. The lowest BCUT2D eigenvalue weighted by Crippen LogP contribution is -2.31. The topological polar surface area (TPSA) is 34.0 Å². The van der Waals surface area contributed by atoms with Crippen LogP contribution >= 0.6 is 11.6 Å². The zero-order valence-corrected chi connectivity index (χ0v) is 14.7. The van der Waals surface area contributed by atoms with Crippen molar-refractivity contribution in [2.75, 3.05) is 6.54 Å². The van der Waals surface area contributed by atoms with E-state index in [4.69, 9.17) is 16.6 Å². The van der Waals surface area contributed by atoms with Crippen LogP contribution in [-0.4, -0.2) is 26.0 Å². The summed E-state index contributed by atoms with van der Waals surface area (Å²) in [5, 5.41) is 0.699. The van der Waals surface area contributed by atoms with Crippen LogP contribution in [0.1, 0.15) is 17.0 Å². The summed E-state index contributed by atoms with van der Waals surface area (Å²) in [5.41, 5.74) is 4.35. The first kappa shape index (κ1) is 16.2. The first-order chi connectivity index (χ1) is 12.1. The van der Waals surface area contributed by atoms with Gasteiger partial charge in [0.05, 0.1) is 16.4 Å². The van der Waals surface area contributed by atoms with E-state index in [0.717, 1.165) is 48.7 Å². The normalized spacial score (nSPS) is 14.5. The Bertz CT molecular complexity index is 904. The summed E-state index contributed by atoms with van der Waals surface area (Å²) in [4.78, 5) is 11.2. The Hall–Kier alpha value is -2.24. The third-order valence-electron chi connectivity index (χ3n) is 4.69. The summed E-state index contributed by atoms with van der Waals surface area (Å²) in [5.74, 6) is 0.650. The lowest BCUT2D eigenvalue weighted by atomic mass is 10.1. The maximum absolute atomic E-state index is 13.2. The molecular weight excluding hydrogens is 339 g/mol. The Morgan fingerprint density at radius 1 is 1.20 bits per heavy atom. The Morgan fingerprint density at radius 3 is 2.76 bits per heavy atom. The second-order valence-corrected chi connectivity index (χ2v) is 6.73. The molecule has 4 nitrogen and oxygen atoms in total. The number of fused-ring (bicyclic) bond motifs is 1. The van der Waals surface area contributed by atoms with Gasteiger partial charge in [-0.15, -0.1) is 0 Å². The predicted octanol–water partition coefficient (Wildman–Crippen LogP) is 3.83. The van der Waals surface area contributed by atoms with Gasteiger partial charge in [-0.1, -0.05) is 11.6 Å². The molecule has 0 bridgehead atoms. The number of pyridine rings is 1. The van der Waals surface area contributed by atoms with E-state index in [1.165, 1.54) is 17.8 Å². The number of benzene rings is 1. The average Bonchev–Trinajstić information content (AvgIpc) is 2.94. The van der Waals surface area contributed by atoms with Gasteiger partial charge in [-0.2, -0.15) is 0 Å². The molecule has 1 aliphatic heterocycles. The van der Waals surface area contributed by atoms with Gasteiger partial charge in [0, 0.05) is 51.1 Å². The maximum Gasteiger partial charge on any atom is 0.140 e. The number of rotatable bonds is 3. The molecule has 0 fully saturated rings. The predicted molar refractivity (Wildman–Crippen MR) is 95.7 cm³/mol. The van der Waals surface area contributed by atoms with Crippen molar-refractivity contribution in [3.8, 4) is 11.4 Å². The lowest BCUT2D eigenvalue weighted by Gasteiger charge is -2.27. The zero-order chi connectivity index (χ0) is 17.4. The van der Waals surface area contributed by atoms with Crippen molar-refractivity contribution in [2.24, 2.45) is 7.05 Å². The number of aromatic nitrogens is 3. The van der Waals surface area contributed by atoms with Gasteiger partial charge in [0.15, 0.2) is 0 Å². The quantitative estimate of drug-likeness (QED) is 0.715. The highest BCUT2D eigenvalue weighted by atomic mass is 35.5. The molecule has 3 aromatic rings. The summed E-state index contributed by atoms with van der Waals surface area (Å²) in [6.07, 6.45) is 4.35. The van der Waals surface area contributed by atoms with E-state index in [9.17, 15) is 4.39 Å². The molecule has 0 aliphatic carbocycles. The van der Waals surface area contributed by atoms with Crippen LogP contribution in [0.25, 0.3) is 11.4 Å². The van der Waals surface area contributed by atoms with Crippen molar-refractivity contribution in [3.63, 3.8) is 0 Å². The highest BCUT2D eigenvalue weighted by molar-refractivity contribution is 6.31. The molecular formula is C19H18ClFN4. The summed E-state index contributed by atoms with van der Waals surface area (Å²) in [6, 6.07) is 8.46. The van der Waals surface area contributed by atoms with Crippen LogP contribution in [-0.2, 0) is 26.6 Å². The molecule has 1 aromatic carbocycles. The van der Waals surface area contributed by atoms with E-state index in [0.29, 0.717) is 5.02 Å². The third kappa shape index (κ3) is 3.17. The minimum atomic E-state index is -0.233. The Morgan fingerprint density at radius 2 is 2.00 bits per heavy atom. The summed E-state index contributed by atoms with van der Waals surface area (Å²) < 4.78 is 15.3. The monoisotopic (exact) mass is 356 g/mol. The first-order valence-electron chi connectivity index (χ1n) is 8.23. The van der Waals surface area contributed by atoms with Crippen molar-refractivity contribution in [1.82, 2.24) is 19.4 Å². The van der Waals surface area contributed by atoms with Crippen LogP contribution in [0.5, 0.6) is 0 Å². The molecule has 0 N–H and O–H groups in total. The van der Waals surface area contributed by atoms with Crippen molar-refractivity contribution in [2.45, 2.75) is 19.5 Å². The van der Waals surface area contributed by atoms with Crippen LogP contribution in [0, 0.1) is 5.82 Å². The fourth-order valence-electron chi connectivity index (χ4n) is 3.31. The fraction of sp³-hybridized carbons (Fsp3) is 0.263. The Kier molecular flexibility index (Phi) is 4.27. The van der Waals surface area contributed by atoms with E-state index in [1.807, 2.05) is 13.1 Å². The molecule has 0 saturated heterocycles. The minimum absolute atomic E-state index is 0.233. The molecule has 2 aromatic heterocycles. The maximum atomic E-state index is 13.2. The molecule has 4 rings (SSSR count). The van der Waals surface area contributed by atoms with Crippen molar-refractivity contribution in [1.29, 1.82) is 0 Å². The average molecular weight is 357 g/mol. The molecule has 0 amide bonds. The van der Waals surface area contributed by atoms with Gasteiger partial charge < -0.3 is 4.57 Å². The Balaban J connectivity index is 1.59. The van der Waals surface area contributed by atoms with E-state index >= 15 is 0 Å². The van der Waals surface area contributed by atoms with Gasteiger partial charge >= 0.3 is 0 Å². The van der Waals surface area contributed by atoms with Gasteiger partial charge in [-0.3, -0.25) is 9.88 Å². The number of imidazole rings is 1. The van der Waals surface area contributed by atoms with Gasteiger partial charge in [-0.05, 0) is 35.9 Å². The second-order valence-electron chi connectivity index (χ2n) is 6.32. The molecule has 3 heterocycles. The first-order valence-corrected chi connectivity index (χ1v) is 8.61. The summed E-state index contributed by atoms with van der Waals surface area (Å²) >= 11 is 6.23. The third-order valence-corrected chi connectivity index (χ3v) is 5.03. The molecule has 0 spiro atoms. The molecule has 6 heteroatoms. The van der Waals surface area contributed by atoms with Crippen LogP contribution in [0.3, 0.4) is 0 Å².